The molecule has 0 aliphatic heterocycles. The quantitative estimate of drug-likeness (QED) is 0.668. The molecule has 0 atom stereocenters. The number of nitrogens with one attached hydrogen (secondary N) is 1. The molecule has 0 aliphatic rings. The third kappa shape index (κ3) is 4.77. The number of primary sulfonamides is 1. The fourth-order valence-electron chi connectivity index (χ4n) is 1.35. The zero-order valence-corrected chi connectivity index (χ0v) is 12.1. The van der Waals surface area contributed by atoms with Crippen molar-refractivity contribution in [1.29, 1.82) is 0 Å². The van der Waals surface area contributed by atoms with Crippen molar-refractivity contribution in [2.75, 3.05) is 17.6 Å². The molecule has 0 aromatic heterocycles. The third-order valence-electron chi connectivity index (χ3n) is 2.23. The molecule has 0 heterocycles. The van der Waals surface area contributed by atoms with Gasteiger partial charge in [-0.05, 0) is 34.5 Å². The van der Waals surface area contributed by atoms with Crippen LogP contribution in [0.15, 0.2) is 16.6 Å². The second-order valence-corrected chi connectivity index (χ2v) is 6.27. The van der Waals surface area contributed by atoms with E-state index in [1.54, 1.807) is 0 Å². The number of hydrogen-bond donors (Lipinski definition) is 3. The van der Waals surface area contributed by atoms with Crippen LogP contribution in [0.4, 0.5) is 10.1 Å². The maximum Gasteiger partial charge on any atom is 0.336 e. The topological polar surface area (TPSA) is 109 Å². The van der Waals surface area contributed by atoms with E-state index in [-0.39, 0.29) is 34.4 Å². The van der Waals surface area contributed by atoms with Crippen LogP contribution >= 0.6 is 15.9 Å². The van der Waals surface area contributed by atoms with E-state index in [9.17, 15) is 17.6 Å². The Morgan fingerprint density at radius 1 is 1.47 bits per heavy atom. The Morgan fingerprint density at radius 2 is 2.11 bits per heavy atom. The Bertz CT molecular complexity index is 591. The van der Waals surface area contributed by atoms with E-state index in [1.807, 2.05) is 0 Å². The molecular formula is C10H12BrFN2O4S. The summed E-state index contributed by atoms with van der Waals surface area (Å²) >= 11 is 2.86. The zero-order chi connectivity index (χ0) is 14.6. The molecule has 0 saturated heterocycles. The summed E-state index contributed by atoms with van der Waals surface area (Å²) in [6, 6.07) is 2.53. The Kier molecular flexibility index (Phi) is 5.27. The Morgan fingerprint density at radius 3 is 2.63 bits per heavy atom. The minimum absolute atomic E-state index is 0.0892. The first-order chi connectivity index (χ1) is 8.72. The molecule has 0 spiro atoms. The second-order valence-electron chi connectivity index (χ2n) is 3.74. The molecule has 0 unspecified atom stereocenters. The normalized spacial score (nSPS) is 11.3. The molecule has 0 amide bonds. The highest BCUT2D eigenvalue weighted by molar-refractivity contribution is 9.10. The van der Waals surface area contributed by atoms with Gasteiger partial charge in [0.15, 0.2) is 5.82 Å². The first-order valence-electron chi connectivity index (χ1n) is 5.18. The van der Waals surface area contributed by atoms with Crippen LogP contribution in [-0.2, 0) is 10.0 Å². The number of carboxylic acids is 1. The number of sulfonamides is 1. The first kappa shape index (κ1) is 15.9. The summed E-state index contributed by atoms with van der Waals surface area (Å²) in [6.07, 6.45) is 0.219. The molecule has 4 N–H and O–H groups in total. The number of halogens is 2. The molecule has 0 bridgehead atoms. The number of benzene rings is 1. The summed E-state index contributed by atoms with van der Waals surface area (Å²) in [7, 11) is -3.54. The second kappa shape index (κ2) is 6.31. The lowest BCUT2D eigenvalue weighted by atomic mass is 10.2. The zero-order valence-electron chi connectivity index (χ0n) is 9.69. The summed E-state index contributed by atoms with van der Waals surface area (Å²) < 4.78 is 35.0. The van der Waals surface area contributed by atoms with Crippen LogP contribution in [0.2, 0.25) is 0 Å². The molecule has 1 rings (SSSR count). The van der Waals surface area contributed by atoms with Crippen LogP contribution in [-0.4, -0.2) is 31.8 Å². The summed E-state index contributed by atoms with van der Waals surface area (Å²) in [6.45, 7) is 0.201. The van der Waals surface area contributed by atoms with Gasteiger partial charge in [0.05, 0.1) is 21.5 Å². The van der Waals surface area contributed by atoms with E-state index in [2.05, 4.69) is 21.2 Å². The number of aromatic carboxylic acids is 1. The predicted octanol–water partition coefficient (Wildman–Crippen LogP) is 1.38. The molecule has 0 radical (unpaired) electrons. The molecule has 6 nitrogen and oxygen atoms in total. The molecule has 9 heteroatoms. The number of carbonyl (C=O) groups is 1. The molecule has 0 aliphatic carbocycles. The maximum absolute atomic E-state index is 13.8. The van der Waals surface area contributed by atoms with Gasteiger partial charge < -0.3 is 10.4 Å². The SMILES string of the molecule is NS(=O)(=O)CCCNc1ccc(C(=O)O)c(Br)c1F. The summed E-state index contributed by atoms with van der Waals surface area (Å²) in [4.78, 5) is 10.8. The summed E-state index contributed by atoms with van der Waals surface area (Å²) in [5.74, 6) is -2.20. The van der Waals surface area contributed by atoms with E-state index in [0.717, 1.165) is 0 Å². The Balaban J connectivity index is 2.71. The van der Waals surface area contributed by atoms with Crippen LogP contribution in [0.1, 0.15) is 16.8 Å². The van der Waals surface area contributed by atoms with Gasteiger partial charge in [-0.2, -0.15) is 0 Å². The third-order valence-corrected chi connectivity index (χ3v) is 3.87. The fourth-order valence-corrected chi connectivity index (χ4v) is 2.41. The number of rotatable bonds is 6. The van der Waals surface area contributed by atoms with Crippen LogP contribution in [0.5, 0.6) is 0 Å². The largest absolute Gasteiger partial charge is 0.478 e. The highest BCUT2D eigenvalue weighted by Crippen LogP contribution is 2.27. The van der Waals surface area contributed by atoms with Gasteiger partial charge in [-0.25, -0.2) is 22.7 Å². The molecule has 1 aromatic carbocycles. The molecule has 0 fully saturated rings. The van der Waals surface area contributed by atoms with Crippen molar-refractivity contribution in [3.8, 4) is 0 Å². The minimum atomic E-state index is -3.54. The van der Waals surface area contributed by atoms with Crippen molar-refractivity contribution in [2.45, 2.75) is 6.42 Å². The van der Waals surface area contributed by atoms with Gasteiger partial charge in [0.1, 0.15) is 0 Å². The lowest BCUT2D eigenvalue weighted by Gasteiger charge is -2.09. The Hall–Kier alpha value is -1.19. The van der Waals surface area contributed by atoms with E-state index in [1.165, 1.54) is 12.1 Å². The standard InChI is InChI=1S/C10H12BrFN2O4S/c11-8-6(10(15)16)2-3-7(9(8)12)14-4-1-5-19(13,17)18/h2-3,14H,1,4-5H2,(H,15,16)(H2,13,17,18). The van der Waals surface area contributed by atoms with Crippen molar-refractivity contribution in [2.24, 2.45) is 5.14 Å². The van der Waals surface area contributed by atoms with Gasteiger partial charge in [0.2, 0.25) is 10.0 Å². The van der Waals surface area contributed by atoms with Gasteiger partial charge in [0.25, 0.3) is 0 Å². The van der Waals surface area contributed by atoms with Crippen LogP contribution < -0.4 is 10.5 Å². The monoisotopic (exact) mass is 354 g/mol. The van der Waals surface area contributed by atoms with Gasteiger partial charge in [-0.3, -0.25) is 0 Å². The summed E-state index contributed by atoms with van der Waals surface area (Å²) in [5.41, 5.74) is -0.0983. The van der Waals surface area contributed by atoms with Crippen molar-refractivity contribution in [1.82, 2.24) is 0 Å². The Labute approximate surface area is 118 Å². The average molecular weight is 355 g/mol. The van der Waals surface area contributed by atoms with Gasteiger partial charge in [-0.15, -0.1) is 0 Å². The van der Waals surface area contributed by atoms with Crippen molar-refractivity contribution in [3.05, 3.63) is 28.0 Å². The van der Waals surface area contributed by atoms with E-state index in [4.69, 9.17) is 10.2 Å². The van der Waals surface area contributed by atoms with Gasteiger partial charge >= 0.3 is 5.97 Å². The smallest absolute Gasteiger partial charge is 0.336 e. The minimum Gasteiger partial charge on any atom is -0.478 e. The van der Waals surface area contributed by atoms with Gasteiger partial charge in [-0.1, -0.05) is 0 Å². The molecule has 106 valence electrons. The molecule has 1 aromatic rings. The van der Waals surface area contributed by atoms with Crippen molar-refractivity contribution in [3.63, 3.8) is 0 Å². The number of nitrogens with two attached hydrogens (primary N) is 1. The maximum atomic E-state index is 13.8. The van der Waals surface area contributed by atoms with Crippen LogP contribution in [0.25, 0.3) is 0 Å². The predicted molar refractivity (Wildman–Crippen MR) is 72.1 cm³/mol. The van der Waals surface area contributed by atoms with Crippen molar-refractivity contribution >= 4 is 37.6 Å². The lowest BCUT2D eigenvalue weighted by Crippen LogP contribution is -2.19. The first-order valence-corrected chi connectivity index (χ1v) is 7.69. The fraction of sp³-hybridized carbons (Fsp3) is 0.300. The van der Waals surface area contributed by atoms with E-state index in [0.29, 0.717) is 0 Å². The number of carboxylic acid groups (broad SMARTS) is 1. The molecule has 0 saturated carbocycles. The highest BCUT2D eigenvalue weighted by atomic mass is 79.9. The molecular weight excluding hydrogens is 343 g/mol. The van der Waals surface area contributed by atoms with Gasteiger partial charge in [0, 0.05) is 6.54 Å². The number of anilines is 1. The van der Waals surface area contributed by atoms with E-state index < -0.39 is 21.8 Å². The van der Waals surface area contributed by atoms with Crippen LogP contribution in [0.3, 0.4) is 0 Å². The lowest BCUT2D eigenvalue weighted by molar-refractivity contribution is 0.0695. The molecule has 19 heavy (non-hydrogen) atoms. The van der Waals surface area contributed by atoms with E-state index >= 15 is 0 Å². The van der Waals surface area contributed by atoms with Crippen molar-refractivity contribution < 1.29 is 22.7 Å². The average Bonchev–Trinajstić information content (AvgIpc) is 2.28. The van der Waals surface area contributed by atoms with Crippen LogP contribution in [0, 0.1) is 5.82 Å². The number of hydrogen-bond acceptors (Lipinski definition) is 4. The summed E-state index contributed by atoms with van der Waals surface area (Å²) in [5, 5.41) is 16.3. The highest BCUT2D eigenvalue weighted by Gasteiger charge is 2.15.